The average Bonchev–Trinajstić information content (AvgIpc) is 2.72. The van der Waals surface area contributed by atoms with Crippen LogP contribution in [0.1, 0.15) is 48.0 Å². The summed E-state index contributed by atoms with van der Waals surface area (Å²) in [5.41, 5.74) is 1.12. The highest BCUT2D eigenvalue weighted by Crippen LogP contribution is 2.18. The molecule has 2 N–H and O–H groups in total. The van der Waals surface area contributed by atoms with Gasteiger partial charge in [0.2, 0.25) is 0 Å². The highest BCUT2D eigenvalue weighted by Gasteiger charge is 2.24. The molecule has 148 valence electrons. The minimum atomic E-state index is -0.953. The molecule has 2 heterocycles. The molecule has 27 heavy (non-hydrogen) atoms. The van der Waals surface area contributed by atoms with Crippen LogP contribution in [0, 0.1) is 0 Å². The van der Waals surface area contributed by atoms with Crippen molar-refractivity contribution < 1.29 is 24.2 Å². The summed E-state index contributed by atoms with van der Waals surface area (Å²) in [6, 6.07) is 6.44. The van der Waals surface area contributed by atoms with E-state index in [2.05, 4.69) is 5.32 Å². The molecule has 2 aliphatic heterocycles. The minimum absolute atomic E-state index is 0.0913. The number of carboxylic acid groups (broad SMARTS) is 1. The first kappa shape index (κ1) is 19.6. The van der Waals surface area contributed by atoms with E-state index >= 15 is 0 Å². The van der Waals surface area contributed by atoms with E-state index in [1.54, 1.807) is 24.3 Å². The maximum absolute atomic E-state index is 12.3. The molecule has 3 rings (SSSR count). The average molecular weight is 376 g/mol. The van der Waals surface area contributed by atoms with Gasteiger partial charge in [0.1, 0.15) is 0 Å². The monoisotopic (exact) mass is 376 g/mol. The molecule has 7 heteroatoms. The predicted molar refractivity (Wildman–Crippen MR) is 99.8 cm³/mol. The number of piperidine rings is 1. The van der Waals surface area contributed by atoms with E-state index in [4.69, 9.17) is 14.6 Å². The SMILES string of the molecule is O=C(O)c1ccc(CNC(=O)N2CCC(OCC3CCCCO3)CC2)cc1. The number of urea groups is 1. The predicted octanol–water partition coefficient (Wildman–Crippen LogP) is 2.64. The second-order valence-electron chi connectivity index (χ2n) is 7.17. The van der Waals surface area contributed by atoms with Gasteiger partial charge >= 0.3 is 12.0 Å². The Kier molecular flexibility index (Phi) is 7.06. The van der Waals surface area contributed by atoms with Crippen molar-refractivity contribution in [2.24, 2.45) is 0 Å². The number of carbonyl (C=O) groups excluding carboxylic acids is 1. The Bertz CT molecular complexity index is 620. The number of nitrogens with one attached hydrogen (secondary N) is 1. The molecule has 0 bridgehead atoms. The maximum Gasteiger partial charge on any atom is 0.335 e. The number of hydrogen-bond acceptors (Lipinski definition) is 4. The van der Waals surface area contributed by atoms with Crippen LogP contribution in [0.5, 0.6) is 0 Å². The lowest BCUT2D eigenvalue weighted by atomic mass is 10.1. The van der Waals surface area contributed by atoms with Crippen molar-refractivity contribution in [1.82, 2.24) is 10.2 Å². The lowest BCUT2D eigenvalue weighted by Gasteiger charge is -2.33. The number of aromatic carboxylic acids is 1. The van der Waals surface area contributed by atoms with E-state index in [-0.39, 0.29) is 23.8 Å². The number of ether oxygens (including phenoxy) is 2. The first-order valence-electron chi connectivity index (χ1n) is 9.70. The Hall–Kier alpha value is -2.12. The highest BCUT2D eigenvalue weighted by molar-refractivity contribution is 5.87. The summed E-state index contributed by atoms with van der Waals surface area (Å²) < 4.78 is 11.7. The van der Waals surface area contributed by atoms with Crippen molar-refractivity contribution in [2.75, 3.05) is 26.3 Å². The standard InChI is InChI=1S/C20H28N2O5/c23-19(24)16-6-4-15(5-7-16)13-21-20(25)22-10-8-17(9-11-22)27-14-18-3-1-2-12-26-18/h4-7,17-18H,1-3,8-14H2,(H,21,25)(H,23,24). The molecule has 2 fully saturated rings. The van der Waals surface area contributed by atoms with Crippen molar-refractivity contribution in [1.29, 1.82) is 0 Å². The van der Waals surface area contributed by atoms with E-state index < -0.39 is 5.97 Å². The van der Waals surface area contributed by atoms with Crippen molar-refractivity contribution in [3.05, 3.63) is 35.4 Å². The van der Waals surface area contributed by atoms with Gasteiger partial charge in [0.05, 0.1) is 24.4 Å². The molecule has 0 spiro atoms. The normalized spacial score (nSPS) is 21.0. The summed E-state index contributed by atoms with van der Waals surface area (Å²) in [4.78, 5) is 25.0. The molecule has 0 radical (unpaired) electrons. The van der Waals surface area contributed by atoms with Crippen LogP contribution >= 0.6 is 0 Å². The van der Waals surface area contributed by atoms with E-state index in [9.17, 15) is 9.59 Å². The molecule has 1 atom stereocenters. The number of rotatable bonds is 6. The quantitative estimate of drug-likeness (QED) is 0.797. The van der Waals surface area contributed by atoms with Gasteiger partial charge in [-0.05, 0) is 49.8 Å². The zero-order chi connectivity index (χ0) is 19.1. The van der Waals surface area contributed by atoms with Crippen LogP contribution in [0.15, 0.2) is 24.3 Å². The molecule has 0 aromatic heterocycles. The van der Waals surface area contributed by atoms with Crippen LogP contribution in [0.25, 0.3) is 0 Å². The molecular weight excluding hydrogens is 348 g/mol. The van der Waals surface area contributed by atoms with Gasteiger partial charge in [0, 0.05) is 26.2 Å². The van der Waals surface area contributed by atoms with Gasteiger partial charge in [-0.3, -0.25) is 0 Å². The largest absolute Gasteiger partial charge is 0.478 e. The number of carbonyl (C=O) groups is 2. The van der Waals surface area contributed by atoms with Gasteiger partial charge in [0.15, 0.2) is 0 Å². The van der Waals surface area contributed by atoms with Crippen LogP contribution in [0.3, 0.4) is 0 Å². The third-order valence-corrected chi connectivity index (χ3v) is 5.17. The Morgan fingerprint density at radius 1 is 1.15 bits per heavy atom. The Labute approximate surface area is 159 Å². The smallest absolute Gasteiger partial charge is 0.335 e. The molecule has 1 aromatic carbocycles. The van der Waals surface area contributed by atoms with E-state index in [0.29, 0.717) is 26.2 Å². The van der Waals surface area contributed by atoms with E-state index in [1.165, 1.54) is 6.42 Å². The topological polar surface area (TPSA) is 88.1 Å². The van der Waals surface area contributed by atoms with Crippen molar-refractivity contribution in [3.8, 4) is 0 Å². The Morgan fingerprint density at radius 3 is 2.52 bits per heavy atom. The zero-order valence-corrected chi connectivity index (χ0v) is 15.6. The van der Waals surface area contributed by atoms with Crippen molar-refractivity contribution in [3.63, 3.8) is 0 Å². The fourth-order valence-corrected chi connectivity index (χ4v) is 3.46. The van der Waals surface area contributed by atoms with Crippen molar-refractivity contribution >= 4 is 12.0 Å². The lowest BCUT2D eigenvalue weighted by molar-refractivity contribution is -0.0728. The second kappa shape index (κ2) is 9.71. The maximum atomic E-state index is 12.3. The van der Waals surface area contributed by atoms with Gasteiger partial charge in [-0.15, -0.1) is 0 Å². The van der Waals surface area contributed by atoms with Gasteiger partial charge in [-0.2, -0.15) is 0 Å². The molecule has 1 aromatic rings. The van der Waals surface area contributed by atoms with Gasteiger partial charge in [-0.25, -0.2) is 9.59 Å². The summed E-state index contributed by atoms with van der Waals surface area (Å²) >= 11 is 0. The highest BCUT2D eigenvalue weighted by atomic mass is 16.5. The Balaban J connectivity index is 1.34. The molecule has 1 unspecified atom stereocenters. The number of nitrogens with zero attached hydrogens (tertiary/aromatic N) is 1. The zero-order valence-electron chi connectivity index (χ0n) is 15.6. The van der Waals surface area contributed by atoms with Crippen molar-refractivity contribution in [2.45, 2.75) is 50.9 Å². The summed E-state index contributed by atoms with van der Waals surface area (Å²) in [7, 11) is 0. The molecule has 2 saturated heterocycles. The van der Waals surface area contributed by atoms with Crippen LogP contribution < -0.4 is 5.32 Å². The first-order chi connectivity index (χ1) is 13.1. The second-order valence-corrected chi connectivity index (χ2v) is 7.17. The number of benzene rings is 1. The number of hydrogen-bond donors (Lipinski definition) is 2. The van der Waals surface area contributed by atoms with Crippen LogP contribution in [0.2, 0.25) is 0 Å². The van der Waals surface area contributed by atoms with Gasteiger partial charge < -0.3 is 24.8 Å². The summed E-state index contributed by atoms with van der Waals surface area (Å²) in [6.45, 7) is 3.24. The molecule has 0 saturated carbocycles. The van der Waals surface area contributed by atoms with Gasteiger partial charge in [-0.1, -0.05) is 12.1 Å². The van der Waals surface area contributed by atoms with Gasteiger partial charge in [0.25, 0.3) is 0 Å². The third-order valence-electron chi connectivity index (χ3n) is 5.17. The molecule has 2 aliphatic rings. The number of carboxylic acids is 1. The minimum Gasteiger partial charge on any atom is -0.478 e. The Morgan fingerprint density at radius 2 is 1.89 bits per heavy atom. The number of amides is 2. The fraction of sp³-hybridized carbons (Fsp3) is 0.600. The summed E-state index contributed by atoms with van der Waals surface area (Å²) in [5, 5.41) is 11.8. The van der Waals surface area contributed by atoms with Crippen LogP contribution in [-0.2, 0) is 16.0 Å². The molecule has 2 amide bonds. The van der Waals surface area contributed by atoms with Crippen LogP contribution in [0.4, 0.5) is 4.79 Å². The fourth-order valence-electron chi connectivity index (χ4n) is 3.46. The first-order valence-corrected chi connectivity index (χ1v) is 9.70. The van der Waals surface area contributed by atoms with E-state index in [0.717, 1.165) is 37.9 Å². The summed E-state index contributed by atoms with van der Waals surface area (Å²) in [5.74, 6) is -0.953. The third kappa shape index (κ3) is 5.94. The van der Waals surface area contributed by atoms with Crippen LogP contribution in [-0.4, -0.2) is 60.5 Å². The number of likely N-dealkylation sites (tertiary alicyclic amines) is 1. The lowest BCUT2D eigenvalue weighted by Crippen LogP contribution is -2.46. The molecule has 7 nitrogen and oxygen atoms in total. The molecule has 0 aliphatic carbocycles. The molecular formula is C20H28N2O5. The summed E-state index contributed by atoms with van der Waals surface area (Å²) in [6.07, 6.45) is 5.55. The van der Waals surface area contributed by atoms with E-state index in [1.807, 2.05) is 4.90 Å².